The Morgan fingerprint density at radius 2 is 1.84 bits per heavy atom. The Bertz CT molecular complexity index is 970. The van der Waals surface area contributed by atoms with Crippen molar-refractivity contribution in [2.45, 2.75) is 0 Å². The zero-order valence-electron chi connectivity index (χ0n) is 12.9. The number of aromatic hydroxyl groups is 1. The summed E-state index contributed by atoms with van der Waals surface area (Å²) in [6.45, 7) is 0. The number of benzene rings is 2. The van der Waals surface area contributed by atoms with Crippen LogP contribution >= 0.6 is 35.4 Å². The number of H-pyrrole nitrogens is 1. The third-order valence-corrected chi connectivity index (χ3v) is 4.20. The van der Waals surface area contributed by atoms with Gasteiger partial charge in [-0.1, -0.05) is 23.2 Å². The normalized spacial score (nSPS) is 11.2. The smallest absolute Gasteiger partial charge is 0.218 e. The van der Waals surface area contributed by atoms with Gasteiger partial charge < -0.3 is 20.1 Å². The average Bonchev–Trinajstić information content (AvgIpc) is 2.95. The number of nitrogens with one attached hydrogen (secondary N) is 2. The topological polar surface area (TPSA) is 82.0 Å². The van der Waals surface area contributed by atoms with Crippen molar-refractivity contribution >= 4 is 62.9 Å². The van der Waals surface area contributed by atoms with Crippen LogP contribution in [0.5, 0.6) is 11.5 Å². The lowest BCUT2D eigenvalue weighted by atomic mass is 10.2. The number of halogens is 2. The molecule has 1 aromatic heterocycles. The maximum Gasteiger partial charge on any atom is 0.218 e. The molecule has 0 bridgehead atoms. The molecule has 0 aliphatic carbocycles. The van der Waals surface area contributed by atoms with E-state index in [0.717, 1.165) is 11.4 Å². The summed E-state index contributed by atoms with van der Waals surface area (Å²) in [5.74, 6) is 0.706. The van der Waals surface area contributed by atoms with E-state index >= 15 is 0 Å². The molecule has 0 atom stereocenters. The molecule has 0 amide bonds. The van der Waals surface area contributed by atoms with Crippen LogP contribution in [0.15, 0.2) is 46.6 Å². The van der Waals surface area contributed by atoms with E-state index in [-0.39, 0.29) is 16.7 Å². The van der Waals surface area contributed by atoms with Gasteiger partial charge in [0.25, 0.3) is 0 Å². The predicted octanol–water partition coefficient (Wildman–Crippen LogP) is 5.67. The van der Waals surface area contributed by atoms with E-state index in [4.69, 9.17) is 40.2 Å². The molecule has 0 saturated carbocycles. The molecule has 0 saturated heterocycles. The number of ether oxygens (including phenoxy) is 1. The first-order valence-corrected chi connectivity index (χ1v) is 8.21. The Morgan fingerprint density at radius 1 is 1.16 bits per heavy atom. The fraction of sp³-hybridized carbons (Fsp3) is 0.0625. The average molecular weight is 395 g/mol. The Labute approximate surface area is 158 Å². The highest BCUT2D eigenvalue weighted by atomic mass is 35.5. The number of thiocarbonyl (C=S) groups is 1. The van der Waals surface area contributed by atoms with Gasteiger partial charge in [-0.15, -0.1) is 10.2 Å². The van der Waals surface area contributed by atoms with Gasteiger partial charge in [0, 0.05) is 5.69 Å². The summed E-state index contributed by atoms with van der Waals surface area (Å²) in [4.78, 5) is 2.88. The first-order chi connectivity index (χ1) is 12.0. The summed E-state index contributed by atoms with van der Waals surface area (Å²) in [5, 5.41) is 22.2. The lowest BCUT2D eigenvalue weighted by molar-refractivity contribution is 0.415. The summed E-state index contributed by atoms with van der Waals surface area (Å²) >= 11 is 17.3. The van der Waals surface area contributed by atoms with Gasteiger partial charge in [-0.25, -0.2) is 0 Å². The summed E-state index contributed by atoms with van der Waals surface area (Å²) in [6, 6.07) is 10.4. The number of hydrogen-bond acceptors (Lipinski definition) is 4. The highest BCUT2D eigenvalue weighted by molar-refractivity contribution is 7.80. The van der Waals surface area contributed by atoms with Crippen molar-refractivity contribution in [3.8, 4) is 11.5 Å². The van der Waals surface area contributed by atoms with Crippen LogP contribution in [0.3, 0.4) is 0 Å². The van der Waals surface area contributed by atoms with Crippen molar-refractivity contribution in [1.82, 2.24) is 4.98 Å². The van der Waals surface area contributed by atoms with Gasteiger partial charge in [-0.05, 0) is 48.6 Å². The second-order valence-electron chi connectivity index (χ2n) is 4.96. The first-order valence-electron chi connectivity index (χ1n) is 7.05. The van der Waals surface area contributed by atoms with Crippen LogP contribution in [0.4, 0.5) is 11.5 Å². The molecular weight excluding hydrogens is 383 g/mol. The molecule has 9 heteroatoms. The lowest BCUT2D eigenvalue weighted by Gasteiger charge is -2.04. The largest absolute Gasteiger partial charge is 0.504 e. The Morgan fingerprint density at radius 3 is 2.48 bits per heavy atom. The molecule has 3 rings (SSSR count). The van der Waals surface area contributed by atoms with E-state index in [2.05, 4.69) is 20.5 Å². The number of anilines is 1. The monoisotopic (exact) mass is 394 g/mol. The number of nitrogens with zero attached hydrogens (tertiary/aromatic N) is 2. The lowest BCUT2D eigenvalue weighted by Crippen LogP contribution is -2.04. The minimum Gasteiger partial charge on any atom is -0.504 e. The zero-order chi connectivity index (χ0) is 18.0. The standard InChI is InChI=1S/C16H12Cl2N4O2S/c1-24-9-4-2-8(3-5-9)19-16(25)22-21-15-14(23)12-10(17)6-7-11(18)13(12)20-15/h2-7,20,23H,1H3,(H,19,25). The van der Waals surface area contributed by atoms with Crippen LogP contribution in [-0.2, 0) is 0 Å². The number of aromatic amines is 1. The van der Waals surface area contributed by atoms with E-state index in [1.807, 2.05) is 0 Å². The van der Waals surface area contributed by atoms with E-state index in [1.165, 1.54) is 0 Å². The van der Waals surface area contributed by atoms with E-state index < -0.39 is 0 Å². The fourth-order valence-corrected chi connectivity index (χ4v) is 2.80. The quantitative estimate of drug-likeness (QED) is 0.394. The van der Waals surface area contributed by atoms with Gasteiger partial charge in [0.1, 0.15) is 5.75 Å². The van der Waals surface area contributed by atoms with Crippen molar-refractivity contribution in [3.05, 3.63) is 46.4 Å². The van der Waals surface area contributed by atoms with Crippen LogP contribution in [0, 0.1) is 0 Å². The van der Waals surface area contributed by atoms with E-state index in [0.29, 0.717) is 20.9 Å². The van der Waals surface area contributed by atoms with Crippen molar-refractivity contribution in [2.24, 2.45) is 10.2 Å². The van der Waals surface area contributed by atoms with Gasteiger partial charge >= 0.3 is 0 Å². The number of hydrogen-bond donors (Lipinski definition) is 3. The number of rotatable bonds is 3. The molecule has 6 nitrogen and oxygen atoms in total. The van der Waals surface area contributed by atoms with Crippen LogP contribution < -0.4 is 10.1 Å². The maximum absolute atomic E-state index is 10.2. The van der Waals surface area contributed by atoms with Gasteiger partial charge in [0.15, 0.2) is 11.6 Å². The Kier molecular flexibility index (Phi) is 5.08. The second-order valence-corrected chi connectivity index (χ2v) is 6.16. The molecular formula is C16H12Cl2N4O2S. The van der Waals surface area contributed by atoms with Crippen LogP contribution in [0.1, 0.15) is 0 Å². The molecule has 3 aromatic rings. The maximum atomic E-state index is 10.2. The minimum absolute atomic E-state index is 0.115. The van der Waals surface area contributed by atoms with E-state index in [9.17, 15) is 5.11 Å². The van der Waals surface area contributed by atoms with Gasteiger partial charge in [0.2, 0.25) is 5.11 Å². The summed E-state index contributed by atoms with van der Waals surface area (Å²) in [7, 11) is 1.59. The third-order valence-electron chi connectivity index (χ3n) is 3.39. The molecule has 0 aliphatic heterocycles. The van der Waals surface area contributed by atoms with Crippen LogP contribution in [0.25, 0.3) is 10.9 Å². The SMILES string of the molecule is COc1ccc(NC(=S)N=Nc2[nH]c3c(Cl)ccc(Cl)c3c2O)cc1. The minimum atomic E-state index is -0.140. The molecule has 25 heavy (non-hydrogen) atoms. The second kappa shape index (κ2) is 7.26. The zero-order valence-corrected chi connectivity index (χ0v) is 15.2. The Balaban J connectivity index is 1.80. The van der Waals surface area contributed by atoms with Crippen molar-refractivity contribution < 1.29 is 9.84 Å². The number of methoxy groups -OCH3 is 1. The van der Waals surface area contributed by atoms with Crippen LogP contribution in [-0.4, -0.2) is 22.3 Å². The number of azo groups is 1. The molecule has 3 N–H and O–H groups in total. The highest BCUT2D eigenvalue weighted by Gasteiger charge is 2.15. The number of fused-ring (bicyclic) bond motifs is 1. The molecule has 1 heterocycles. The molecule has 0 unspecified atom stereocenters. The fourth-order valence-electron chi connectivity index (χ4n) is 2.19. The summed E-state index contributed by atoms with van der Waals surface area (Å²) in [5.41, 5.74) is 1.21. The predicted molar refractivity (Wildman–Crippen MR) is 104 cm³/mol. The van der Waals surface area contributed by atoms with E-state index in [1.54, 1.807) is 43.5 Å². The van der Waals surface area contributed by atoms with Crippen molar-refractivity contribution in [1.29, 1.82) is 0 Å². The van der Waals surface area contributed by atoms with Crippen molar-refractivity contribution in [2.75, 3.05) is 12.4 Å². The molecule has 0 fully saturated rings. The molecule has 0 aliphatic rings. The van der Waals surface area contributed by atoms with Gasteiger partial charge in [-0.2, -0.15) is 0 Å². The van der Waals surface area contributed by atoms with Gasteiger partial charge in [0.05, 0.1) is 28.1 Å². The molecule has 0 spiro atoms. The van der Waals surface area contributed by atoms with Gasteiger partial charge in [-0.3, -0.25) is 0 Å². The van der Waals surface area contributed by atoms with Crippen LogP contribution in [0.2, 0.25) is 10.0 Å². The summed E-state index contributed by atoms with van der Waals surface area (Å²) < 4.78 is 5.08. The van der Waals surface area contributed by atoms with Crippen molar-refractivity contribution in [3.63, 3.8) is 0 Å². The highest BCUT2D eigenvalue weighted by Crippen LogP contribution is 2.41. The first kappa shape index (κ1) is 17.5. The number of aromatic nitrogens is 1. The Hall–Kier alpha value is -2.35. The molecule has 0 radical (unpaired) electrons. The molecule has 2 aromatic carbocycles. The molecule has 128 valence electrons. The summed E-state index contributed by atoms with van der Waals surface area (Å²) in [6.07, 6.45) is 0. The third kappa shape index (κ3) is 3.68.